The summed E-state index contributed by atoms with van der Waals surface area (Å²) in [5.74, 6) is 0.809. The van der Waals surface area contributed by atoms with E-state index < -0.39 is 5.79 Å². The Balaban J connectivity index is 1.39. The fraction of sp³-hybridized carbons (Fsp3) is 0.438. The molecule has 4 aromatic rings. The normalized spacial score (nSPS) is 17.0. The zero-order chi connectivity index (χ0) is 27.7. The van der Waals surface area contributed by atoms with Crippen LogP contribution in [0.1, 0.15) is 79.7 Å². The largest absolute Gasteiger partial charge is 0.348 e. The van der Waals surface area contributed by atoms with Gasteiger partial charge in [-0.1, -0.05) is 55.8 Å². The van der Waals surface area contributed by atoms with Gasteiger partial charge in [0.1, 0.15) is 5.82 Å². The molecule has 40 heavy (non-hydrogen) atoms. The topological polar surface area (TPSA) is 94.4 Å². The quantitative estimate of drug-likeness (QED) is 0.308. The van der Waals surface area contributed by atoms with E-state index in [2.05, 4.69) is 25.1 Å². The highest BCUT2D eigenvalue weighted by Crippen LogP contribution is 2.40. The Morgan fingerprint density at radius 1 is 1.07 bits per heavy atom. The van der Waals surface area contributed by atoms with Crippen molar-refractivity contribution in [3.63, 3.8) is 0 Å². The molecule has 0 radical (unpaired) electrons. The van der Waals surface area contributed by atoms with E-state index in [1.807, 2.05) is 52.4 Å². The molecular weight excluding hydrogens is 502 g/mol. The zero-order valence-corrected chi connectivity index (χ0v) is 23.2. The van der Waals surface area contributed by atoms with Crippen molar-refractivity contribution < 1.29 is 9.47 Å². The van der Waals surface area contributed by atoms with Crippen LogP contribution in [0.15, 0.2) is 53.3 Å². The molecule has 1 saturated carbocycles. The SMILES string of the molecule is CCCCc1c(Cc2ccc(-c3ccccc3C#N)cc2)c(=O)n(C2CCC3(CC2)OCCO3)c2nc(C)nn12. The molecule has 1 aliphatic heterocycles. The Hall–Kier alpha value is -3.80. The Kier molecular flexibility index (Phi) is 7.26. The van der Waals surface area contributed by atoms with Crippen LogP contribution in [0.25, 0.3) is 16.9 Å². The molecule has 206 valence electrons. The summed E-state index contributed by atoms with van der Waals surface area (Å²) in [6.07, 6.45) is 6.39. The Morgan fingerprint density at radius 3 is 2.50 bits per heavy atom. The van der Waals surface area contributed by atoms with E-state index in [1.165, 1.54) is 0 Å². The Morgan fingerprint density at radius 2 is 1.80 bits per heavy atom. The zero-order valence-electron chi connectivity index (χ0n) is 23.2. The van der Waals surface area contributed by atoms with E-state index in [1.54, 1.807) is 0 Å². The monoisotopic (exact) mass is 537 g/mol. The minimum absolute atomic E-state index is 0.0147. The molecule has 0 amide bonds. The molecule has 1 saturated heterocycles. The van der Waals surface area contributed by atoms with Crippen LogP contribution in [0, 0.1) is 18.3 Å². The second-order valence-corrected chi connectivity index (χ2v) is 10.9. The highest BCUT2D eigenvalue weighted by Gasteiger charge is 2.41. The highest BCUT2D eigenvalue weighted by molar-refractivity contribution is 5.70. The number of rotatable bonds is 7. The molecule has 2 fully saturated rings. The van der Waals surface area contributed by atoms with Crippen molar-refractivity contribution in [2.24, 2.45) is 0 Å². The third-order valence-electron chi connectivity index (χ3n) is 8.35. The maximum Gasteiger partial charge on any atom is 0.259 e. The van der Waals surface area contributed by atoms with Crippen LogP contribution in [0.4, 0.5) is 0 Å². The van der Waals surface area contributed by atoms with E-state index in [-0.39, 0.29) is 11.6 Å². The van der Waals surface area contributed by atoms with Crippen molar-refractivity contribution in [1.82, 2.24) is 19.2 Å². The van der Waals surface area contributed by atoms with Gasteiger partial charge in [0, 0.05) is 30.9 Å². The lowest BCUT2D eigenvalue weighted by Crippen LogP contribution is -2.39. The molecule has 3 heterocycles. The second-order valence-electron chi connectivity index (χ2n) is 10.9. The number of nitriles is 1. The van der Waals surface area contributed by atoms with Gasteiger partial charge in [-0.05, 0) is 55.4 Å². The van der Waals surface area contributed by atoms with E-state index in [9.17, 15) is 10.1 Å². The standard InChI is InChI=1S/C32H35N5O3/c1-3-4-9-29-28(20-23-10-12-24(13-11-23)27-8-6-5-7-25(27)21-33)30(38)36(31-34-22(2)35-37(29)31)26-14-16-32(17-15-26)39-18-19-40-32/h5-8,10-13,26H,3-4,9,14-20H2,1-2H3. The maximum atomic E-state index is 14.3. The van der Waals surface area contributed by atoms with Crippen molar-refractivity contribution in [3.05, 3.63) is 87.1 Å². The summed E-state index contributed by atoms with van der Waals surface area (Å²) < 4.78 is 15.7. The number of benzene rings is 2. The summed E-state index contributed by atoms with van der Waals surface area (Å²) in [6.45, 7) is 5.32. The van der Waals surface area contributed by atoms with Gasteiger partial charge in [-0.3, -0.25) is 9.36 Å². The molecule has 8 nitrogen and oxygen atoms in total. The van der Waals surface area contributed by atoms with Crippen LogP contribution in [-0.2, 0) is 22.3 Å². The molecule has 0 unspecified atom stereocenters. The van der Waals surface area contributed by atoms with Crippen molar-refractivity contribution in [2.75, 3.05) is 13.2 Å². The van der Waals surface area contributed by atoms with Gasteiger partial charge in [0.05, 0.1) is 30.5 Å². The fourth-order valence-corrected chi connectivity index (χ4v) is 6.26. The van der Waals surface area contributed by atoms with Crippen LogP contribution in [-0.4, -0.2) is 38.2 Å². The van der Waals surface area contributed by atoms with Gasteiger partial charge in [0.15, 0.2) is 5.79 Å². The van der Waals surface area contributed by atoms with E-state index in [4.69, 9.17) is 19.6 Å². The maximum absolute atomic E-state index is 14.3. The van der Waals surface area contributed by atoms with Crippen LogP contribution in [0.3, 0.4) is 0 Å². The summed E-state index contributed by atoms with van der Waals surface area (Å²) >= 11 is 0. The lowest BCUT2D eigenvalue weighted by atomic mass is 9.89. The number of aromatic nitrogens is 4. The second kappa shape index (κ2) is 11.0. The molecule has 0 bridgehead atoms. The van der Waals surface area contributed by atoms with Gasteiger partial charge in [0.25, 0.3) is 5.56 Å². The molecule has 1 spiro atoms. The van der Waals surface area contributed by atoms with E-state index in [0.29, 0.717) is 36.8 Å². The molecule has 2 aliphatic rings. The fourth-order valence-electron chi connectivity index (χ4n) is 6.26. The van der Waals surface area contributed by atoms with Crippen molar-refractivity contribution >= 4 is 5.78 Å². The van der Waals surface area contributed by atoms with Crippen LogP contribution in [0.5, 0.6) is 0 Å². The third kappa shape index (κ3) is 4.85. The number of ether oxygens (including phenoxy) is 2. The Labute approximate surface area is 234 Å². The first-order chi connectivity index (χ1) is 19.5. The highest BCUT2D eigenvalue weighted by atomic mass is 16.7. The average molecular weight is 538 g/mol. The number of hydrogen-bond acceptors (Lipinski definition) is 6. The molecule has 8 heteroatoms. The van der Waals surface area contributed by atoms with Crippen LogP contribution < -0.4 is 5.56 Å². The molecule has 1 aliphatic carbocycles. The number of hydrogen-bond donors (Lipinski definition) is 0. The van der Waals surface area contributed by atoms with Crippen LogP contribution >= 0.6 is 0 Å². The molecule has 6 rings (SSSR count). The first-order valence-electron chi connectivity index (χ1n) is 14.4. The minimum atomic E-state index is -0.490. The van der Waals surface area contributed by atoms with Gasteiger partial charge in [0.2, 0.25) is 5.78 Å². The number of unbranched alkanes of at least 4 members (excludes halogenated alkanes) is 1. The third-order valence-corrected chi connectivity index (χ3v) is 8.35. The molecular formula is C32H35N5O3. The van der Waals surface area contributed by atoms with Gasteiger partial charge in [-0.15, -0.1) is 0 Å². The number of aryl methyl sites for hydroxylation is 2. The summed E-state index contributed by atoms with van der Waals surface area (Å²) in [5, 5.41) is 14.3. The number of fused-ring (bicyclic) bond motifs is 1. The lowest BCUT2D eigenvalue weighted by Gasteiger charge is -2.36. The molecule has 2 aromatic carbocycles. The summed E-state index contributed by atoms with van der Waals surface area (Å²) in [4.78, 5) is 19.1. The van der Waals surface area contributed by atoms with E-state index in [0.717, 1.165) is 72.9 Å². The predicted octanol–water partition coefficient (Wildman–Crippen LogP) is 5.53. The predicted molar refractivity (Wildman–Crippen MR) is 152 cm³/mol. The summed E-state index contributed by atoms with van der Waals surface area (Å²) in [5.41, 5.74) is 5.35. The smallest absolute Gasteiger partial charge is 0.259 e. The van der Waals surface area contributed by atoms with Gasteiger partial charge >= 0.3 is 0 Å². The van der Waals surface area contributed by atoms with Gasteiger partial charge < -0.3 is 9.47 Å². The van der Waals surface area contributed by atoms with Crippen LogP contribution in [0.2, 0.25) is 0 Å². The van der Waals surface area contributed by atoms with Crippen molar-refractivity contribution in [3.8, 4) is 17.2 Å². The Bertz CT molecular complexity index is 1610. The van der Waals surface area contributed by atoms with Gasteiger partial charge in [-0.2, -0.15) is 15.3 Å². The summed E-state index contributed by atoms with van der Waals surface area (Å²) in [7, 11) is 0. The summed E-state index contributed by atoms with van der Waals surface area (Å²) in [6, 6.07) is 18.1. The number of nitrogens with zero attached hydrogens (tertiary/aromatic N) is 5. The first-order valence-corrected chi connectivity index (χ1v) is 14.4. The molecule has 2 aromatic heterocycles. The van der Waals surface area contributed by atoms with Crippen molar-refractivity contribution in [1.29, 1.82) is 5.26 Å². The van der Waals surface area contributed by atoms with E-state index >= 15 is 0 Å². The van der Waals surface area contributed by atoms with Crippen molar-refractivity contribution in [2.45, 2.75) is 77.0 Å². The molecule has 0 atom stereocenters. The lowest BCUT2D eigenvalue weighted by molar-refractivity contribution is -0.181. The average Bonchev–Trinajstić information content (AvgIpc) is 3.60. The minimum Gasteiger partial charge on any atom is -0.348 e. The first kappa shape index (κ1) is 26.4. The van der Waals surface area contributed by atoms with Gasteiger partial charge in [-0.25, -0.2) is 4.52 Å². The molecule has 0 N–H and O–H groups in total.